The van der Waals surface area contributed by atoms with Crippen molar-refractivity contribution < 1.29 is 26.3 Å². The van der Waals surface area contributed by atoms with Crippen LogP contribution in [-0.2, 0) is 14.8 Å². The molecule has 108 valence electrons. The lowest BCUT2D eigenvalue weighted by atomic mass is 10.3. The summed E-state index contributed by atoms with van der Waals surface area (Å²) in [6.07, 6.45) is -6.20. The molecule has 1 atom stereocenters. The monoisotopic (exact) mass is 290 g/mol. The molecule has 0 bridgehead atoms. The van der Waals surface area contributed by atoms with Gasteiger partial charge in [-0.2, -0.15) is 17.5 Å². The number of hydrogen-bond acceptors (Lipinski definition) is 4. The van der Waals surface area contributed by atoms with Gasteiger partial charge >= 0.3 is 6.18 Å². The van der Waals surface area contributed by atoms with Gasteiger partial charge in [-0.25, -0.2) is 8.42 Å². The molecular formula is C9H17F3N2O3S. The van der Waals surface area contributed by atoms with Crippen molar-refractivity contribution >= 4 is 10.0 Å². The second kappa shape index (κ2) is 6.18. The van der Waals surface area contributed by atoms with Crippen molar-refractivity contribution in [3.63, 3.8) is 0 Å². The third kappa shape index (κ3) is 5.09. The van der Waals surface area contributed by atoms with E-state index in [4.69, 9.17) is 10.5 Å². The largest absolute Gasteiger partial charge is 0.389 e. The first kappa shape index (κ1) is 15.7. The van der Waals surface area contributed by atoms with E-state index in [0.717, 1.165) is 4.31 Å². The second-order valence-electron chi connectivity index (χ2n) is 4.12. The summed E-state index contributed by atoms with van der Waals surface area (Å²) in [6.45, 7) is 0.699. The van der Waals surface area contributed by atoms with Crippen molar-refractivity contribution in [2.45, 2.75) is 25.1 Å². The molecule has 1 aliphatic heterocycles. The zero-order chi connectivity index (χ0) is 13.8. The van der Waals surface area contributed by atoms with E-state index >= 15 is 0 Å². The van der Waals surface area contributed by atoms with E-state index in [1.165, 1.54) is 0 Å². The molecule has 1 fully saturated rings. The van der Waals surface area contributed by atoms with E-state index in [9.17, 15) is 21.6 Å². The molecule has 1 saturated heterocycles. The average molecular weight is 290 g/mol. The van der Waals surface area contributed by atoms with Crippen LogP contribution in [-0.4, -0.2) is 57.0 Å². The molecule has 0 aromatic carbocycles. The number of halogens is 3. The lowest BCUT2D eigenvalue weighted by molar-refractivity contribution is -0.134. The number of sulfonamides is 1. The Morgan fingerprint density at radius 3 is 2.61 bits per heavy atom. The van der Waals surface area contributed by atoms with Gasteiger partial charge in [-0.15, -0.1) is 0 Å². The average Bonchev–Trinajstić information content (AvgIpc) is 2.27. The molecule has 0 aromatic rings. The highest BCUT2D eigenvalue weighted by Gasteiger charge is 2.31. The zero-order valence-electron chi connectivity index (χ0n) is 9.82. The minimum atomic E-state index is -4.32. The second-order valence-corrected chi connectivity index (χ2v) is 6.21. The molecule has 0 saturated carbocycles. The van der Waals surface area contributed by atoms with Crippen LogP contribution in [0.15, 0.2) is 0 Å². The maximum Gasteiger partial charge on any atom is 0.389 e. The number of nitrogens with two attached hydrogens (primary N) is 1. The lowest BCUT2D eigenvalue weighted by Crippen LogP contribution is -2.48. The molecule has 1 rings (SSSR count). The molecule has 18 heavy (non-hydrogen) atoms. The first-order chi connectivity index (χ1) is 8.24. The fourth-order valence-corrected chi connectivity index (χ4v) is 3.19. The number of nitrogens with zero attached hydrogens (tertiary/aromatic N) is 1. The van der Waals surface area contributed by atoms with Gasteiger partial charge in [0.1, 0.15) is 0 Å². The molecule has 0 spiro atoms. The summed E-state index contributed by atoms with van der Waals surface area (Å²) >= 11 is 0. The van der Waals surface area contributed by atoms with Crippen molar-refractivity contribution in [3.05, 3.63) is 0 Å². The van der Waals surface area contributed by atoms with Gasteiger partial charge < -0.3 is 10.5 Å². The Labute approximate surface area is 104 Å². The SMILES string of the molecule is NCC1CN(S(=O)(=O)CCCC(F)(F)F)CCO1. The third-order valence-electron chi connectivity index (χ3n) is 2.62. The van der Waals surface area contributed by atoms with Crippen LogP contribution in [0.3, 0.4) is 0 Å². The van der Waals surface area contributed by atoms with Crippen molar-refractivity contribution in [1.82, 2.24) is 4.31 Å². The Kier molecular flexibility index (Phi) is 5.38. The molecule has 0 amide bonds. The van der Waals surface area contributed by atoms with Crippen molar-refractivity contribution in [1.29, 1.82) is 0 Å². The Morgan fingerprint density at radius 1 is 1.39 bits per heavy atom. The first-order valence-corrected chi connectivity index (χ1v) is 7.22. The summed E-state index contributed by atoms with van der Waals surface area (Å²) < 4.78 is 65.8. The smallest absolute Gasteiger partial charge is 0.374 e. The predicted octanol–water partition coefficient (Wildman–Crippen LogP) is 0.318. The van der Waals surface area contributed by atoms with Gasteiger partial charge in [0.05, 0.1) is 18.5 Å². The summed E-state index contributed by atoms with van der Waals surface area (Å²) in [7, 11) is -3.65. The standard InChI is InChI=1S/C9H17F3N2O3S/c10-9(11,12)2-1-5-18(15,16)14-3-4-17-8(6-13)7-14/h8H,1-7,13H2. The van der Waals surface area contributed by atoms with E-state index < -0.39 is 34.8 Å². The van der Waals surface area contributed by atoms with Crippen LogP contribution in [0.25, 0.3) is 0 Å². The summed E-state index contributed by atoms with van der Waals surface area (Å²) in [5, 5.41) is 0. The summed E-state index contributed by atoms with van der Waals surface area (Å²) in [4.78, 5) is 0. The highest BCUT2D eigenvalue weighted by molar-refractivity contribution is 7.89. The highest BCUT2D eigenvalue weighted by Crippen LogP contribution is 2.22. The minimum Gasteiger partial charge on any atom is -0.374 e. The molecule has 5 nitrogen and oxygen atoms in total. The number of morpholine rings is 1. The minimum absolute atomic E-state index is 0.116. The van der Waals surface area contributed by atoms with E-state index in [0.29, 0.717) is 0 Å². The zero-order valence-corrected chi connectivity index (χ0v) is 10.6. The van der Waals surface area contributed by atoms with Gasteiger partial charge in [0, 0.05) is 26.1 Å². The maximum atomic E-state index is 11.9. The number of ether oxygens (including phenoxy) is 1. The van der Waals surface area contributed by atoms with Gasteiger partial charge in [-0.05, 0) is 6.42 Å². The molecule has 0 radical (unpaired) electrons. The quantitative estimate of drug-likeness (QED) is 0.791. The van der Waals surface area contributed by atoms with Crippen LogP contribution in [0, 0.1) is 0 Å². The predicted molar refractivity (Wildman–Crippen MR) is 59.4 cm³/mol. The Morgan fingerprint density at radius 2 is 2.06 bits per heavy atom. The molecule has 0 aromatic heterocycles. The van der Waals surface area contributed by atoms with Gasteiger partial charge in [0.25, 0.3) is 0 Å². The summed E-state index contributed by atoms with van der Waals surface area (Å²) in [6, 6.07) is 0. The van der Waals surface area contributed by atoms with Crippen molar-refractivity contribution in [3.8, 4) is 0 Å². The van der Waals surface area contributed by atoms with Gasteiger partial charge in [-0.1, -0.05) is 0 Å². The molecule has 1 unspecified atom stereocenters. The van der Waals surface area contributed by atoms with E-state index in [2.05, 4.69) is 0 Å². The molecular weight excluding hydrogens is 273 g/mol. The van der Waals surface area contributed by atoms with Crippen LogP contribution >= 0.6 is 0 Å². The Balaban J connectivity index is 2.47. The molecule has 1 heterocycles. The maximum absolute atomic E-state index is 11.9. The van der Waals surface area contributed by atoms with E-state index in [1.54, 1.807) is 0 Å². The topological polar surface area (TPSA) is 72.6 Å². The number of alkyl halides is 3. The molecule has 1 aliphatic rings. The number of hydrogen-bond donors (Lipinski definition) is 1. The Bertz CT molecular complexity index is 359. The van der Waals surface area contributed by atoms with Crippen molar-refractivity contribution in [2.24, 2.45) is 5.73 Å². The lowest BCUT2D eigenvalue weighted by Gasteiger charge is -2.31. The van der Waals surface area contributed by atoms with Gasteiger partial charge in [0.15, 0.2) is 0 Å². The fourth-order valence-electron chi connectivity index (χ4n) is 1.67. The molecule has 9 heteroatoms. The molecule has 2 N–H and O–H groups in total. The van der Waals surface area contributed by atoms with Crippen LogP contribution in [0.2, 0.25) is 0 Å². The van der Waals surface area contributed by atoms with Gasteiger partial charge in [-0.3, -0.25) is 0 Å². The normalized spacial score (nSPS) is 23.2. The fraction of sp³-hybridized carbons (Fsp3) is 1.00. The van der Waals surface area contributed by atoms with Crippen LogP contribution in [0.5, 0.6) is 0 Å². The summed E-state index contributed by atoms with van der Waals surface area (Å²) in [5.41, 5.74) is 5.37. The van der Waals surface area contributed by atoms with Crippen LogP contribution in [0.1, 0.15) is 12.8 Å². The first-order valence-electron chi connectivity index (χ1n) is 5.61. The van der Waals surface area contributed by atoms with Crippen molar-refractivity contribution in [2.75, 3.05) is 32.0 Å². The van der Waals surface area contributed by atoms with Crippen LogP contribution < -0.4 is 5.73 Å². The molecule has 0 aliphatic carbocycles. The van der Waals surface area contributed by atoms with E-state index in [-0.39, 0.29) is 32.3 Å². The van der Waals surface area contributed by atoms with E-state index in [1.807, 2.05) is 0 Å². The summed E-state index contributed by atoms with van der Waals surface area (Å²) in [5.74, 6) is -0.496. The number of rotatable bonds is 5. The third-order valence-corrected chi connectivity index (χ3v) is 4.54. The highest BCUT2D eigenvalue weighted by atomic mass is 32.2. The Hall–Kier alpha value is -0.380. The van der Waals surface area contributed by atoms with Crippen LogP contribution in [0.4, 0.5) is 13.2 Å². The van der Waals surface area contributed by atoms with Gasteiger partial charge in [0.2, 0.25) is 10.0 Å².